The summed E-state index contributed by atoms with van der Waals surface area (Å²) in [7, 11) is 0. The highest BCUT2D eigenvalue weighted by Gasteiger charge is 2.24. The van der Waals surface area contributed by atoms with Crippen LogP contribution in [-0.4, -0.2) is 25.0 Å². The van der Waals surface area contributed by atoms with E-state index in [1.54, 1.807) is 6.07 Å². The first-order valence-electron chi connectivity index (χ1n) is 9.10. The number of aryl methyl sites for hydroxylation is 1. The Morgan fingerprint density at radius 3 is 2.81 bits per heavy atom. The zero-order valence-electron chi connectivity index (χ0n) is 15.0. The zero-order chi connectivity index (χ0) is 18.5. The van der Waals surface area contributed by atoms with E-state index in [4.69, 9.17) is 23.2 Å². The summed E-state index contributed by atoms with van der Waals surface area (Å²) in [6, 6.07) is 14.6. The fourth-order valence-corrected chi connectivity index (χ4v) is 3.81. The smallest absolute Gasteiger partial charge is 0.220 e. The molecule has 5 heteroatoms. The average molecular weight is 391 g/mol. The van der Waals surface area contributed by atoms with Gasteiger partial charge in [-0.3, -0.25) is 4.79 Å². The first kappa shape index (κ1) is 19.1. The Hall–Kier alpha value is -1.71. The van der Waals surface area contributed by atoms with Gasteiger partial charge in [0, 0.05) is 31.2 Å². The lowest BCUT2D eigenvalue weighted by Gasteiger charge is -2.24. The lowest BCUT2D eigenvalue weighted by Crippen LogP contribution is -2.33. The van der Waals surface area contributed by atoms with Gasteiger partial charge in [-0.2, -0.15) is 0 Å². The maximum Gasteiger partial charge on any atom is 0.220 e. The summed E-state index contributed by atoms with van der Waals surface area (Å²) in [6.07, 6.45) is 3.17. The molecule has 0 aliphatic carbocycles. The van der Waals surface area contributed by atoms with E-state index in [0.29, 0.717) is 35.5 Å². The molecule has 0 saturated carbocycles. The molecule has 26 heavy (non-hydrogen) atoms. The number of fused-ring (bicyclic) bond motifs is 1. The summed E-state index contributed by atoms with van der Waals surface area (Å²) < 4.78 is 0. The normalized spacial score (nSPS) is 15.8. The number of amides is 1. The third-order valence-electron chi connectivity index (χ3n) is 4.87. The lowest BCUT2D eigenvalue weighted by molar-refractivity contribution is -0.121. The molecule has 1 atom stereocenters. The minimum atomic E-state index is 0.0749. The number of carbonyl (C=O) groups excluding carboxylic acids is 1. The van der Waals surface area contributed by atoms with E-state index >= 15 is 0 Å². The van der Waals surface area contributed by atoms with Crippen LogP contribution in [0.1, 0.15) is 30.9 Å². The predicted octanol–water partition coefficient (Wildman–Crippen LogP) is 4.88. The van der Waals surface area contributed by atoms with Crippen molar-refractivity contribution in [1.82, 2.24) is 5.32 Å². The molecule has 3 nitrogen and oxygen atoms in total. The van der Waals surface area contributed by atoms with Gasteiger partial charge < -0.3 is 10.2 Å². The molecule has 0 spiro atoms. The summed E-state index contributed by atoms with van der Waals surface area (Å²) in [5.41, 5.74) is 3.79. The second kappa shape index (κ2) is 8.79. The molecule has 1 aliphatic heterocycles. The number of anilines is 1. The van der Waals surface area contributed by atoms with Crippen LogP contribution in [0.3, 0.4) is 0 Å². The monoisotopic (exact) mass is 390 g/mol. The second-order valence-electron chi connectivity index (χ2n) is 6.83. The Bertz CT molecular complexity index is 778. The van der Waals surface area contributed by atoms with Crippen molar-refractivity contribution in [1.29, 1.82) is 0 Å². The van der Waals surface area contributed by atoms with E-state index in [-0.39, 0.29) is 5.91 Å². The Morgan fingerprint density at radius 2 is 2.00 bits per heavy atom. The third-order valence-corrected chi connectivity index (χ3v) is 5.61. The molecule has 3 rings (SSSR count). The molecule has 0 radical (unpaired) electrons. The van der Waals surface area contributed by atoms with E-state index in [1.807, 2.05) is 12.1 Å². The number of hydrogen-bond donors (Lipinski definition) is 1. The molecule has 1 aliphatic rings. The van der Waals surface area contributed by atoms with Gasteiger partial charge in [-0.1, -0.05) is 47.5 Å². The van der Waals surface area contributed by atoms with E-state index in [9.17, 15) is 4.79 Å². The van der Waals surface area contributed by atoms with E-state index in [0.717, 1.165) is 24.9 Å². The third kappa shape index (κ3) is 4.72. The number of rotatable bonds is 7. The fourth-order valence-electron chi connectivity index (χ4n) is 3.49. The summed E-state index contributed by atoms with van der Waals surface area (Å²) >= 11 is 11.9. The molecule has 1 heterocycles. The topological polar surface area (TPSA) is 32.3 Å². The Labute approximate surface area is 165 Å². The molecule has 0 aromatic heterocycles. The van der Waals surface area contributed by atoms with Crippen LogP contribution in [-0.2, 0) is 17.6 Å². The van der Waals surface area contributed by atoms with Crippen LogP contribution in [0.4, 0.5) is 5.69 Å². The molecular weight excluding hydrogens is 367 g/mol. The quantitative estimate of drug-likeness (QED) is 0.682. The molecule has 1 N–H and O–H groups in total. The van der Waals surface area contributed by atoms with Gasteiger partial charge in [-0.05, 0) is 55.5 Å². The average Bonchev–Trinajstić information content (AvgIpc) is 2.95. The summed E-state index contributed by atoms with van der Waals surface area (Å²) in [6.45, 7) is 3.92. The second-order valence-corrected chi connectivity index (χ2v) is 7.64. The minimum absolute atomic E-state index is 0.0749. The van der Waals surface area contributed by atoms with E-state index < -0.39 is 0 Å². The number of halogens is 2. The van der Waals surface area contributed by atoms with Gasteiger partial charge in [-0.25, -0.2) is 0 Å². The zero-order valence-corrected chi connectivity index (χ0v) is 16.5. The van der Waals surface area contributed by atoms with Crippen molar-refractivity contribution in [2.75, 3.05) is 18.0 Å². The SMILES string of the molecule is C[C@H]1Cc2ccccc2N1CCCNC(=O)CCc1ccc(Cl)c(Cl)c1. The number of nitrogens with one attached hydrogen (secondary N) is 1. The van der Waals surface area contributed by atoms with Crippen molar-refractivity contribution in [2.24, 2.45) is 0 Å². The van der Waals surface area contributed by atoms with Crippen LogP contribution in [0.2, 0.25) is 10.0 Å². The summed E-state index contributed by atoms with van der Waals surface area (Å²) in [5, 5.41) is 4.09. The summed E-state index contributed by atoms with van der Waals surface area (Å²) in [5.74, 6) is 0.0749. The fraction of sp³-hybridized carbons (Fsp3) is 0.381. The van der Waals surface area contributed by atoms with Crippen molar-refractivity contribution in [3.05, 3.63) is 63.6 Å². The van der Waals surface area contributed by atoms with Gasteiger partial charge in [0.1, 0.15) is 0 Å². The van der Waals surface area contributed by atoms with Gasteiger partial charge in [-0.15, -0.1) is 0 Å². The van der Waals surface area contributed by atoms with Crippen molar-refractivity contribution < 1.29 is 4.79 Å². The Morgan fingerprint density at radius 1 is 1.19 bits per heavy atom. The van der Waals surface area contributed by atoms with Gasteiger partial charge >= 0.3 is 0 Å². The molecular formula is C21H24Cl2N2O. The highest BCUT2D eigenvalue weighted by atomic mass is 35.5. The maximum absolute atomic E-state index is 12.0. The van der Waals surface area contributed by atoms with Gasteiger partial charge in [0.15, 0.2) is 0 Å². The molecule has 2 aromatic carbocycles. The van der Waals surface area contributed by atoms with Crippen LogP contribution >= 0.6 is 23.2 Å². The molecule has 0 unspecified atom stereocenters. The van der Waals surface area contributed by atoms with Gasteiger partial charge in [0.25, 0.3) is 0 Å². The van der Waals surface area contributed by atoms with Crippen LogP contribution in [0.5, 0.6) is 0 Å². The molecule has 1 amide bonds. The maximum atomic E-state index is 12.0. The molecule has 0 fully saturated rings. The first-order chi connectivity index (χ1) is 12.5. The van der Waals surface area contributed by atoms with Crippen molar-refractivity contribution in [3.63, 3.8) is 0 Å². The van der Waals surface area contributed by atoms with Gasteiger partial charge in [0.2, 0.25) is 5.91 Å². The van der Waals surface area contributed by atoms with Crippen LogP contribution in [0.15, 0.2) is 42.5 Å². The van der Waals surface area contributed by atoms with Crippen molar-refractivity contribution in [2.45, 2.75) is 38.6 Å². The minimum Gasteiger partial charge on any atom is -0.368 e. The number of para-hydroxylation sites is 1. The predicted molar refractivity (Wildman–Crippen MR) is 109 cm³/mol. The summed E-state index contributed by atoms with van der Waals surface area (Å²) in [4.78, 5) is 14.5. The number of carbonyl (C=O) groups is 1. The van der Waals surface area contributed by atoms with Crippen LogP contribution in [0.25, 0.3) is 0 Å². The molecule has 0 bridgehead atoms. The molecule has 138 valence electrons. The van der Waals surface area contributed by atoms with Crippen LogP contribution < -0.4 is 10.2 Å². The Kier molecular flexibility index (Phi) is 6.44. The highest BCUT2D eigenvalue weighted by molar-refractivity contribution is 6.42. The van der Waals surface area contributed by atoms with Crippen LogP contribution in [0, 0.1) is 0 Å². The lowest BCUT2D eigenvalue weighted by atomic mass is 10.1. The van der Waals surface area contributed by atoms with E-state index in [1.165, 1.54) is 11.3 Å². The Balaban J connectivity index is 1.38. The largest absolute Gasteiger partial charge is 0.368 e. The number of hydrogen-bond acceptors (Lipinski definition) is 2. The van der Waals surface area contributed by atoms with Crippen molar-refractivity contribution >= 4 is 34.8 Å². The van der Waals surface area contributed by atoms with Gasteiger partial charge in [0.05, 0.1) is 10.0 Å². The standard InChI is InChI=1S/C21H24Cl2N2O/c1-15-13-17-5-2-3-6-20(17)25(15)12-4-11-24-21(26)10-8-16-7-9-18(22)19(23)14-16/h2-3,5-7,9,14-15H,4,8,10-13H2,1H3,(H,24,26)/t15-/m0/s1. The van der Waals surface area contributed by atoms with Crippen molar-refractivity contribution in [3.8, 4) is 0 Å². The molecule has 0 saturated heterocycles. The van der Waals surface area contributed by atoms with E-state index in [2.05, 4.69) is 41.4 Å². The molecule has 2 aromatic rings. The first-order valence-corrected chi connectivity index (χ1v) is 9.85. The number of benzene rings is 2. The highest BCUT2D eigenvalue weighted by Crippen LogP contribution is 2.31. The number of nitrogens with zero attached hydrogens (tertiary/aromatic N) is 1.